The third-order valence-corrected chi connectivity index (χ3v) is 3.79. The van der Waals surface area contributed by atoms with Crippen molar-refractivity contribution in [2.75, 3.05) is 36.5 Å². The average Bonchev–Trinajstić information content (AvgIpc) is 2.66. The summed E-state index contributed by atoms with van der Waals surface area (Å²) < 4.78 is 59.7. The third-order valence-electron chi connectivity index (χ3n) is 3.79. The molecule has 0 bridgehead atoms. The molecule has 1 atom stereocenters. The molecule has 13 heteroatoms. The van der Waals surface area contributed by atoms with Crippen LogP contribution in [-0.2, 0) is 19.1 Å². The van der Waals surface area contributed by atoms with Crippen LogP contribution in [-0.4, -0.2) is 63.1 Å². The van der Waals surface area contributed by atoms with Crippen LogP contribution >= 0.6 is 0 Å². The number of rotatable bonds is 8. The second-order valence-electron chi connectivity index (χ2n) is 5.75. The van der Waals surface area contributed by atoms with Gasteiger partial charge in [-0.15, -0.1) is 0 Å². The minimum absolute atomic E-state index is 0.0398. The Kier molecular flexibility index (Phi) is 7.73. The molecule has 0 aliphatic carbocycles. The maximum absolute atomic E-state index is 12.8. The molecular formula is C16H18F4N4O5. The Morgan fingerprint density at radius 3 is 2.55 bits per heavy atom. The summed E-state index contributed by atoms with van der Waals surface area (Å²) >= 11 is 0. The van der Waals surface area contributed by atoms with Crippen molar-refractivity contribution in [2.24, 2.45) is 5.73 Å². The van der Waals surface area contributed by atoms with Crippen molar-refractivity contribution >= 4 is 29.1 Å². The van der Waals surface area contributed by atoms with Gasteiger partial charge in [0.05, 0.1) is 12.3 Å². The molecule has 0 radical (unpaired) electrons. The number of anilines is 2. The number of benzene rings is 1. The summed E-state index contributed by atoms with van der Waals surface area (Å²) in [5.41, 5.74) is 5.31. The highest BCUT2D eigenvalue weighted by Gasteiger charge is 2.26. The highest BCUT2D eigenvalue weighted by atomic mass is 19.3. The molecule has 0 aromatic heterocycles. The van der Waals surface area contributed by atoms with Crippen LogP contribution in [0.3, 0.4) is 0 Å². The van der Waals surface area contributed by atoms with Crippen LogP contribution in [0.4, 0.5) is 28.9 Å². The van der Waals surface area contributed by atoms with Crippen molar-refractivity contribution in [3.8, 4) is 5.75 Å². The molecule has 1 saturated heterocycles. The van der Waals surface area contributed by atoms with Crippen LogP contribution in [0.2, 0.25) is 0 Å². The lowest BCUT2D eigenvalue weighted by Crippen LogP contribution is -2.50. The van der Waals surface area contributed by atoms with Gasteiger partial charge in [0.2, 0.25) is 5.91 Å². The number of amides is 3. The van der Waals surface area contributed by atoms with Crippen LogP contribution < -0.4 is 26.0 Å². The summed E-state index contributed by atoms with van der Waals surface area (Å²) in [5, 5.41) is 4.02. The predicted molar refractivity (Wildman–Crippen MR) is 91.9 cm³/mol. The topological polar surface area (TPSA) is 123 Å². The van der Waals surface area contributed by atoms with E-state index in [1.807, 2.05) is 0 Å². The molecule has 1 aromatic rings. The van der Waals surface area contributed by atoms with Gasteiger partial charge >= 0.3 is 13.0 Å². The molecule has 1 fully saturated rings. The number of hydrogen-bond acceptors (Lipinski definition) is 6. The highest BCUT2D eigenvalue weighted by Crippen LogP contribution is 2.33. The minimum Gasteiger partial charge on any atom is -0.433 e. The van der Waals surface area contributed by atoms with E-state index in [4.69, 9.17) is 10.5 Å². The zero-order valence-corrected chi connectivity index (χ0v) is 14.9. The first-order chi connectivity index (χ1) is 13.7. The SMILES string of the molecule is NC[C@H](NC(=O)C(F)F)C(=O)Nc1ccc(N2CCOCC2=O)c(OC(F)F)c1. The molecule has 0 unspecified atom stereocenters. The zero-order chi connectivity index (χ0) is 21.6. The van der Waals surface area contributed by atoms with Gasteiger partial charge in [0, 0.05) is 24.8 Å². The lowest BCUT2D eigenvalue weighted by atomic mass is 10.2. The Labute approximate surface area is 162 Å². The fourth-order valence-electron chi connectivity index (χ4n) is 2.47. The summed E-state index contributed by atoms with van der Waals surface area (Å²) in [4.78, 5) is 36.3. The number of halogens is 4. The molecule has 4 N–H and O–H groups in total. The molecule has 2 rings (SSSR count). The van der Waals surface area contributed by atoms with Crippen molar-refractivity contribution in [3.05, 3.63) is 18.2 Å². The Morgan fingerprint density at radius 2 is 1.97 bits per heavy atom. The first-order valence-electron chi connectivity index (χ1n) is 8.29. The quantitative estimate of drug-likeness (QED) is 0.518. The normalized spacial score (nSPS) is 15.4. The Bertz CT molecular complexity index is 765. The number of alkyl halides is 4. The van der Waals surface area contributed by atoms with E-state index in [9.17, 15) is 31.9 Å². The van der Waals surface area contributed by atoms with Crippen LogP contribution in [0, 0.1) is 0 Å². The van der Waals surface area contributed by atoms with E-state index in [1.165, 1.54) is 17.0 Å². The fraction of sp³-hybridized carbons (Fsp3) is 0.438. The van der Waals surface area contributed by atoms with Crippen molar-refractivity contribution in [2.45, 2.75) is 19.1 Å². The summed E-state index contributed by atoms with van der Waals surface area (Å²) in [7, 11) is 0. The van der Waals surface area contributed by atoms with Crippen LogP contribution in [0.5, 0.6) is 5.75 Å². The van der Waals surface area contributed by atoms with E-state index in [0.29, 0.717) is 0 Å². The van der Waals surface area contributed by atoms with Crippen LogP contribution in [0.25, 0.3) is 0 Å². The van der Waals surface area contributed by atoms with Crippen LogP contribution in [0.1, 0.15) is 0 Å². The van der Waals surface area contributed by atoms with Crippen molar-refractivity contribution in [3.63, 3.8) is 0 Å². The van der Waals surface area contributed by atoms with E-state index in [0.717, 1.165) is 6.07 Å². The number of morpholine rings is 1. The third kappa shape index (κ3) is 6.02. The molecule has 3 amide bonds. The van der Waals surface area contributed by atoms with E-state index in [2.05, 4.69) is 10.1 Å². The van der Waals surface area contributed by atoms with E-state index in [1.54, 1.807) is 5.32 Å². The number of carbonyl (C=O) groups is 3. The summed E-state index contributed by atoms with van der Waals surface area (Å²) in [6.07, 6.45) is -3.34. The van der Waals surface area contributed by atoms with Gasteiger partial charge in [-0.3, -0.25) is 14.4 Å². The number of hydrogen-bond donors (Lipinski definition) is 3. The second kappa shape index (κ2) is 10.0. The Morgan fingerprint density at radius 1 is 1.24 bits per heavy atom. The molecule has 1 aromatic carbocycles. The van der Waals surface area contributed by atoms with Gasteiger partial charge in [-0.05, 0) is 12.1 Å². The average molecular weight is 422 g/mol. The Balaban J connectivity index is 2.21. The second-order valence-corrected chi connectivity index (χ2v) is 5.75. The zero-order valence-electron chi connectivity index (χ0n) is 14.9. The first-order valence-corrected chi connectivity index (χ1v) is 8.29. The number of nitrogens with two attached hydrogens (primary N) is 1. The predicted octanol–water partition coefficient (Wildman–Crippen LogP) is 0.298. The molecule has 1 aliphatic heterocycles. The molecule has 9 nitrogen and oxygen atoms in total. The van der Waals surface area contributed by atoms with Gasteiger partial charge in [0.15, 0.2) is 5.75 Å². The van der Waals surface area contributed by atoms with Crippen molar-refractivity contribution < 1.29 is 41.4 Å². The highest BCUT2D eigenvalue weighted by molar-refractivity contribution is 5.99. The molecule has 0 spiro atoms. The van der Waals surface area contributed by atoms with Gasteiger partial charge in [0.1, 0.15) is 12.6 Å². The summed E-state index contributed by atoms with van der Waals surface area (Å²) in [6.45, 7) is -3.61. The number of nitrogens with one attached hydrogen (secondary N) is 2. The lowest BCUT2D eigenvalue weighted by molar-refractivity contribution is -0.134. The van der Waals surface area contributed by atoms with E-state index < -0.39 is 49.1 Å². The van der Waals surface area contributed by atoms with Crippen LogP contribution in [0.15, 0.2) is 18.2 Å². The molecule has 1 heterocycles. The first kappa shape index (κ1) is 22.4. The minimum atomic E-state index is -3.34. The number of ether oxygens (including phenoxy) is 2. The van der Waals surface area contributed by atoms with Crippen molar-refractivity contribution in [1.29, 1.82) is 0 Å². The van der Waals surface area contributed by atoms with E-state index >= 15 is 0 Å². The van der Waals surface area contributed by atoms with E-state index in [-0.39, 0.29) is 31.1 Å². The molecule has 29 heavy (non-hydrogen) atoms. The van der Waals surface area contributed by atoms with Gasteiger partial charge in [-0.25, -0.2) is 0 Å². The van der Waals surface area contributed by atoms with Gasteiger partial charge in [0.25, 0.3) is 11.8 Å². The number of nitrogens with zero attached hydrogens (tertiary/aromatic N) is 1. The Hall–Kier alpha value is -2.93. The molecule has 1 aliphatic rings. The monoisotopic (exact) mass is 422 g/mol. The largest absolute Gasteiger partial charge is 0.433 e. The van der Waals surface area contributed by atoms with Gasteiger partial charge < -0.3 is 30.7 Å². The molecule has 160 valence electrons. The smallest absolute Gasteiger partial charge is 0.387 e. The summed E-state index contributed by atoms with van der Waals surface area (Å²) in [6, 6.07) is 2.11. The maximum atomic E-state index is 12.8. The van der Waals surface area contributed by atoms with Gasteiger partial charge in [-0.2, -0.15) is 17.6 Å². The summed E-state index contributed by atoms with van der Waals surface area (Å²) in [5.74, 6) is -3.49. The molecular weight excluding hydrogens is 404 g/mol. The number of carbonyl (C=O) groups excluding carboxylic acids is 3. The fourth-order valence-corrected chi connectivity index (χ4v) is 2.47. The lowest BCUT2D eigenvalue weighted by Gasteiger charge is -2.28. The molecule has 0 saturated carbocycles. The standard InChI is InChI=1S/C16H18F4N4O5/c17-13(18)15(27)23-9(6-21)14(26)22-8-1-2-10(11(5-8)29-16(19)20)24-3-4-28-7-12(24)25/h1-2,5,9,13,16H,3-4,6-7,21H2,(H,22,26)(H,23,27)/t9-/m0/s1. The van der Waals surface area contributed by atoms with Crippen molar-refractivity contribution in [1.82, 2.24) is 5.32 Å². The maximum Gasteiger partial charge on any atom is 0.387 e. The van der Waals surface area contributed by atoms with Gasteiger partial charge in [-0.1, -0.05) is 0 Å².